The normalized spacial score (nSPS) is 12.8. The molecule has 1 aromatic carbocycles. The molecule has 0 bridgehead atoms. The molecule has 0 saturated carbocycles. The van der Waals surface area contributed by atoms with Gasteiger partial charge in [0.1, 0.15) is 10.6 Å². The molecule has 1 aromatic heterocycles. The number of carbonyl (C=O) groups is 2. The van der Waals surface area contributed by atoms with Crippen molar-refractivity contribution in [2.24, 2.45) is 0 Å². The lowest BCUT2D eigenvalue weighted by Crippen LogP contribution is -2.35. The van der Waals surface area contributed by atoms with Gasteiger partial charge in [-0.25, -0.2) is 9.78 Å². The van der Waals surface area contributed by atoms with Gasteiger partial charge in [0.15, 0.2) is 0 Å². The highest BCUT2D eigenvalue weighted by Crippen LogP contribution is 2.29. The Hall–Kier alpha value is -2.15. The molecule has 0 aliphatic heterocycles. The number of hydrogen-bond acceptors (Lipinski definition) is 5. The SMILES string of the molecule is CC(C)(C)OC(=O)NC(CCC(=O)O)c1nc2ccccc2s1. The van der Waals surface area contributed by atoms with E-state index in [-0.39, 0.29) is 12.8 Å². The lowest BCUT2D eigenvalue weighted by atomic mass is 10.1. The summed E-state index contributed by atoms with van der Waals surface area (Å²) in [7, 11) is 0. The van der Waals surface area contributed by atoms with Gasteiger partial charge < -0.3 is 15.2 Å². The maximum Gasteiger partial charge on any atom is 0.408 e. The van der Waals surface area contributed by atoms with Gasteiger partial charge >= 0.3 is 12.1 Å². The minimum Gasteiger partial charge on any atom is -0.481 e. The van der Waals surface area contributed by atoms with Crippen LogP contribution in [0.4, 0.5) is 4.79 Å². The number of nitrogens with zero attached hydrogens (tertiary/aromatic N) is 1. The van der Waals surface area contributed by atoms with Gasteiger partial charge in [-0.1, -0.05) is 12.1 Å². The van der Waals surface area contributed by atoms with E-state index in [9.17, 15) is 9.59 Å². The molecule has 2 rings (SSSR count). The van der Waals surface area contributed by atoms with Crippen molar-refractivity contribution in [3.8, 4) is 0 Å². The number of alkyl carbamates (subject to hydrolysis) is 1. The number of amides is 1. The minimum absolute atomic E-state index is 0.0591. The third kappa shape index (κ3) is 5.21. The quantitative estimate of drug-likeness (QED) is 0.868. The zero-order valence-electron chi connectivity index (χ0n) is 13.3. The molecule has 1 heterocycles. The van der Waals surface area contributed by atoms with Gasteiger partial charge in [-0.3, -0.25) is 4.79 Å². The number of carboxylic acids is 1. The molecular formula is C16H20N2O4S. The summed E-state index contributed by atoms with van der Waals surface area (Å²) < 4.78 is 6.24. The smallest absolute Gasteiger partial charge is 0.408 e. The van der Waals surface area contributed by atoms with Crippen LogP contribution in [0.5, 0.6) is 0 Å². The number of ether oxygens (including phenoxy) is 1. The number of para-hydroxylation sites is 1. The lowest BCUT2D eigenvalue weighted by molar-refractivity contribution is -0.137. The second-order valence-corrected chi connectivity index (χ2v) is 7.21. The summed E-state index contributed by atoms with van der Waals surface area (Å²) in [5, 5.41) is 12.3. The molecule has 0 spiro atoms. The van der Waals surface area contributed by atoms with E-state index in [4.69, 9.17) is 9.84 Å². The van der Waals surface area contributed by atoms with Crippen LogP contribution >= 0.6 is 11.3 Å². The second-order valence-electron chi connectivity index (χ2n) is 6.15. The fourth-order valence-electron chi connectivity index (χ4n) is 2.01. The fourth-order valence-corrected chi connectivity index (χ4v) is 3.07. The summed E-state index contributed by atoms with van der Waals surface area (Å²) in [4.78, 5) is 27.4. The molecule has 1 amide bonds. The molecule has 0 radical (unpaired) electrons. The first-order valence-electron chi connectivity index (χ1n) is 7.31. The van der Waals surface area contributed by atoms with Crippen LogP contribution < -0.4 is 5.32 Å². The van der Waals surface area contributed by atoms with Gasteiger partial charge in [0.05, 0.1) is 16.3 Å². The predicted molar refractivity (Wildman–Crippen MR) is 88.6 cm³/mol. The Morgan fingerprint density at radius 2 is 2.04 bits per heavy atom. The van der Waals surface area contributed by atoms with Gasteiger partial charge in [0, 0.05) is 6.42 Å². The fraction of sp³-hybridized carbons (Fsp3) is 0.438. The molecule has 0 aliphatic rings. The van der Waals surface area contributed by atoms with Crippen molar-refractivity contribution >= 4 is 33.6 Å². The number of nitrogens with one attached hydrogen (secondary N) is 1. The average Bonchev–Trinajstić information content (AvgIpc) is 2.84. The number of hydrogen-bond donors (Lipinski definition) is 2. The van der Waals surface area contributed by atoms with Crippen LogP contribution in [-0.2, 0) is 9.53 Å². The first-order valence-corrected chi connectivity index (χ1v) is 8.13. The van der Waals surface area contributed by atoms with E-state index in [2.05, 4.69) is 10.3 Å². The third-order valence-corrected chi connectivity index (χ3v) is 4.10. The Balaban J connectivity index is 2.19. The molecule has 1 atom stereocenters. The Kier molecular flexibility index (Phi) is 5.20. The molecule has 0 aliphatic carbocycles. The van der Waals surface area contributed by atoms with Gasteiger partial charge in [-0.2, -0.15) is 0 Å². The Morgan fingerprint density at radius 1 is 1.35 bits per heavy atom. The molecule has 0 saturated heterocycles. The largest absolute Gasteiger partial charge is 0.481 e. The summed E-state index contributed by atoms with van der Waals surface area (Å²) in [6.45, 7) is 5.32. The number of carbonyl (C=O) groups excluding carboxylic acids is 1. The Labute approximate surface area is 138 Å². The Bertz CT molecular complexity index is 672. The molecule has 1 unspecified atom stereocenters. The van der Waals surface area contributed by atoms with E-state index in [1.54, 1.807) is 20.8 Å². The van der Waals surface area contributed by atoms with Crippen molar-refractivity contribution in [1.82, 2.24) is 10.3 Å². The molecule has 2 N–H and O–H groups in total. The molecular weight excluding hydrogens is 316 g/mol. The standard InChI is InChI=1S/C16H20N2O4S/c1-16(2,3)22-15(21)18-11(8-9-13(19)20)14-17-10-6-4-5-7-12(10)23-14/h4-7,11H,8-9H2,1-3H3,(H,18,21)(H,19,20). The van der Waals surface area contributed by atoms with Crippen molar-refractivity contribution in [3.05, 3.63) is 29.3 Å². The number of carboxylic acid groups (broad SMARTS) is 1. The van der Waals surface area contributed by atoms with Gasteiger partial charge in [-0.15, -0.1) is 11.3 Å². The first kappa shape index (κ1) is 17.2. The van der Waals surface area contributed by atoms with Crippen molar-refractivity contribution in [3.63, 3.8) is 0 Å². The molecule has 23 heavy (non-hydrogen) atoms. The highest BCUT2D eigenvalue weighted by molar-refractivity contribution is 7.18. The Morgan fingerprint density at radius 3 is 2.65 bits per heavy atom. The molecule has 2 aromatic rings. The molecule has 124 valence electrons. The predicted octanol–water partition coefficient (Wildman–Crippen LogP) is 3.73. The summed E-state index contributed by atoms with van der Waals surface area (Å²) >= 11 is 1.44. The molecule has 7 heteroatoms. The van der Waals surface area contributed by atoms with Crippen molar-refractivity contribution in [2.75, 3.05) is 0 Å². The van der Waals surface area contributed by atoms with Crippen LogP contribution in [0.2, 0.25) is 0 Å². The highest BCUT2D eigenvalue weighted by atomic mass is 32.1. The minimum atomic E-state index is -0.915. The van der Waals surface area contributed by atoms with E-state index in [1.165, 1.54) is 11.3 Å². The molecule has 6 nitrogen and oxygen atoms in total. The van der Waals surface area contributed by atoms with E-state index < -0.39 is 23.7 Å². The first-order chi connectivity index (χ1) is 10.7. The van der Waals surface area contributed by atoms with Crippen molar-refractivity contribution in [1.29, 1.82) is 0 Å². The van der Waals surface area contributed by atoms with Crippen molar-refractivity contribution < 1.29 is 19.4 Å². The van der Waals surface area contributed by atoms with Crippen LogP contribution in [0.25, 0.3) is 10.2 Å². The van der Waals surface area contributed by atoms with Gasteiger partial charge in [0.25, 0.3) is 0 Å². The topological polar surface area (TPSA) is 88.5 Å². The maximum absolute atomic E-state index is 12.0. The van der Waals surface area contributed by atoms with Crippen molar-refractivity contribution in [2.45, 2.75) is 45.3 Å². The number of fused-ring (bicyclic) bond motifs is 1. The lowest BCUT2D eigenvalue weighted by Gasteiger charge is -2.22. The summed E-state index contributed by atoms with van der Waals surface area (Å²) in [6, 6.07) is 7.14. The highest BCUT2D eigenvalue weighted by Gasteiger charge is 2.23. The monoisotopic (exact) mass is 336 g/mol. The zero-order chi connectivity index (χ0) is 17.0. The number of aliphatic carboxylic acids is 1. The van der Waals surface area contributed by atoms with Gasteiger partial charge in [0.2, 0.25) is 0 Å². The van der Waals surface area contributed by atoms with Crippen LogP contribution in [0, 0.1) is 0 Å². The summed E-state index contributed by atoms with van der Waals surface area (Å²) in [5.41, 5.74) is 0.216. The van der Waals surface area contributed by atoms with E-state index >= 15 is 0 Å². The van der Waals surface area contributed by atoms with E-state index in [0.717, 1.165) is 10.2 Å². The van der Waals surface area contributed by atoms with Crippen LogP contribution in [0.1, 0.15) is 44.7 Å². The number of rotatable bonds is 5. The van der Waals surface area contributed by atoms with Crippen LogP contribution in [0.3, 0.4) is 0 Å². The van der Waals surface area contributed by atoms with E-state index in [0.29, 0.717) is 5.01 Å². The maximum atomic E-state index is 12.0. The van der Waals surface area contributed by atoms with Crippen LogP contribution in [-0.4, -0.2) is 27.8 Å². The average molecular weight is 336 g/mol. The number of thiazole rings is 1. The molecule has 0 fully saturated rings. The number of benzene rings is 1. The second kappa shape index (κ2) is 6.95. The third-order valence-electron chi connectivity index (χ3n) is 2.95. The zero-order valence-corrected chi connectivity index (χ0v) is 14.1. The van der Waals surface area contributed by atoms with Gasteiger partial charge in [-0.05, 0) is 39.3 Å². The van der Waals surface area contributed by atoms with Crippen LogP contribution in [0.15, 0.2) is 24.3 Å². The summed E-state index contributed by atoms with van der Waals surface area (Å²) in [5.74, 6) is -0.915. The number of aromatic nitrogens is 1. The van der Waals surface area contributed by atoms with E-state index in [1.807, 2.05) is 24.3 Å². The summed E-state index contributed by atoms with van der Waals surface area (Å²) in [6.07, 6.45) is -0.378.